The Hall–Kier alpha value is -1.86. The van der Waals surface area contributed by atoms with E-state index in [0.29, 0.717) is 0 Å². The predicted octanol–water partition coefficient (Wildman–Crippen LogP) is -3.71. The zero-order valence-corrected chi connectivity index (χ0v) is 33.1. The molecule has 0 aromatic heterocycles. The van der Waals surface area contributed by atoms with Crippen molar-refractivity contribution in [2.45, 2.75) is 32.7 Å². The number of nitrogens with zero attached hydrogens (tertiary/aromatic N) is 4. The minimum Gasteiger partial charge on any atom is -1.00 e. The molecule has 3 aromatic rings. The van der Waals surface area contributed by atoms with Crippen LogP contribution in [-0.2, 0) is 21.7 Å². The molecular weight excluding hydrogens is 659 g/mol. The van der Waals surface area contributed by atoms with E-state index in [1.807, 2.05) is 0 Å². The Morgan fingerprint density at radius 2 is 0.886 bits per heavy atom. The van der Waals surface area contributed by atoms with Crippen LogP contribution in [0.5, 0.6) is 0 Å². The molecule has 236 valence electrons. The van der Waals surface area contributed by atoms with Gasteiger partial charge in [0.1, 0.15) is 8.07 Å². The Morgan fingerprint density at radius 3 is 1.16 bits per heavy atom. The van der Waals surface area contributed by atoms with Gasteiger partial charge in [0, 0.05) is 79.1 Å². The van der Waals surface area contributed by atoms with E-state index in [2.05, 4.69) is 176 Å². The number of hydrogen-bond donors (Lipinski definition) is 0. The van der Waals surface area contributed by atoms with Gasteiger partial charge >= 0.3 is 21.7 Å². The van der Waals surface area contributed by atoms with Crippen molar-refractivity contribution < 1.29 is 58.9 Å². The van der Waals surface area contributed by atoms with Crippen molar-refractivity contribution in [2.75, 3.05) is 76.0 Å². The Kier molecular flexibility index (Phi) is 15.4. The molecule has 0 radical (unpaired) electrons. The van der Waals surface area contributed by atoms with E-state index in [4.69, 9.17) is 0 Å². The van der Waals surface area contributed by atoms with Gasteiger partial charge in [0.15, 0.2) is 0 Å². The molecule has 0 saturated heterocycles. The second-order valence-electron chi connectivity index (χ2n) is 12.3. The standard InChI is InChI=1S/C35H47N4Si.3ClH.Ti/c1-25-24-35(4,27(3)26(25)2)40(32-16-14-13-15-17-32,33-20-28(36(5)6)18-29(21-33)37(7)8)34-22-30(38(9)10)19-31(23-34)39(11)12;;;;/h13-23H,1-12H3;3*1H;/q-1;;;;+4/p-3. The Morgan fingerprint density at radius 1 is 0.545 bits per heavy atom. The van der Waals surface area contributed by atoms with Crippen molar-refractivity contribution in [3.63, 3.8) is 0 Å². The van der Waals surface area contributed by atoms with Crippen LogP contribution in [0, 0.1) is 6.08 Å². The molecule has 9 heteroatoms. The van der Waals surface area contributed by atoms with E-state index in [9.17, 15) is 0 Å². The van der Waals surface area contributed by atoms with E-state index < -0.39 is 8.07 Å². The Labute approximate surface area is 301 Å². The summed E-state index contributed by atoms with van der Waals surface area (Å²) < 4.78 is 0. The van der Waals surface area contributed by atoms with Crippen LogP contribution in [-0.4, -0.2) is 64.5 Å². The third-order valence-electron chi connectivity index (χ3n) is 9.01. The van der Waals surface area contributed by atoms with Crippen LogP contribution in [0.15, 0.2) is 83.4 Å². The summed E-state index contributed by atoms with van der Waals surface area (Å²) in [7, 11) is 14.3. The van der Waals surface area contributed by atoms with Gasteiger partial charge in [-0.2, -0.15) is 11.1 Å². The van der Waals surface area contributed by atoms with Crippen LogP contribution >= 0.6 is 0 Å². The first-order valence-electron chi connectivity index (χ1n) is 14.1. The molecule has 3 aromatic carbocycles. The van der Waals surface area contributed by atoms with Crippen LogP contribution in [0.25, 0.3) is 0 Å². The van der Waals surface area contributed by atoms with Crippen molar-refractivity contribution in [1.82, 2.24) is 0 Å². The zero-order valence-electron chi connectivity index (χ0n) is 28.3. The van der Waals surface area contributed by atoms with Crippen LogP contribution in [0.1, 0.15) is 27.7 Å². The fourth-order valence-corrected chi connectivity index (χ4v) is 12.3. The minimum absolute atomic E-state index is 0. The van der Waals surface area contributed by atoms with Gasteiger partial charge in [-0.25, -0.2) is 5.57 Å². The van der Waals surface area contributed by atoms with Gasteiger partial charge in [-0.05, 0) is 52.0 Å². The molecule has 4 rings (SSSR count). The van der Waals surface area contributed by atoms with Gasteiger partial charge in [0.2, 0.25) is 0 Å². The molecule has 44 heavy (non-hydrogen) atoms. The molecule has 4 nitrogen and oxygen atoms in total. The number of hydrogen-bond acceptors (Lipinski definition) is 4. The first kappa shape index (κ1) is 42.1. The molecule has 1 unspecified atom stereocenters. The molecule has 1 aliphatic carbocycles. The van der Waals surface area contributed by atoms with Gasteiger partial charge in [-0.1, -0.05) is 56.1 Å². The summed E-state index contributed by atoms with van der Waals surface area (Å²) in [4.78, 5) is 8.94. The minimum atomic E-state index is -2.87. The molecule has 1 atom stereocenters. The van der Waals surface area contributed by atoms with Crippen LogP contribution in [0.2, 0.25) is 5.04 Å². The number of allylic oxidation sites excluding steroid dienone is 4. The molecule has 0 N–H and O–H groups in total. The molecule has 0 bridgehead atoms. The molecule has 0 amide bonds. The maximum absolute atomic E-state index is 4.11. The fraction of sp³-hybridized carbons (Fsp3) is 0.371. The Balaban J connectivity index is 0.00000462. The van der Waals surface area contributed by atoms with Gasteiger partial charge in [-0.3, -0.25) is 6.08 Å². The van der Waals surface area contributed by atoms with E-state index >= 15 is 0 Å². The SMILES string of the molecule is CC1=[C-]C(C)([Si](c2ccccc2)(c2cc(N(C)C)cc(N(C)C)c2)c2cc(N(C)C)cc(N(C)C)c2)C(C)=C1C.[Cl-].[Cl-].[Cl-].[Ti+4]. The third-order valence-corrected chi connectivity index (χ3v) is 14.5. The van der Waals surface area contributed by atoms with Crippen molar-refractivity contribution in [2.24, 2.45) is 0 Å². The van der Waals surface area contributed by atoms with E-state index in [-0.39, 0.29) is 64.0 Å². The average Bonchev–Trinajstić information content (AvgIpc) is 3.12. The first-order chi connectivity index (χ1) is 18.7. The number of anilines is 4. The predicted molar refractivity (Wildman–Crippen MR) is 180 cm³/mol. The first-order valence-corrected chi connectivity index (χ1v) is 16.1. The largest absolute Gasteiger partial charge is 4.00 e. The molecular formula is C35H47Cl3N4SiTi. The number of halogens is 3. The van der Waals surface area contributed by atoms with Gasteiger partial charge in [-0.15, -0.1) is 6.92 Å². The Bertz CT molecular complexity index is 1360. The van der Waals surface area contributed by atoms with Crippen molar-refractivity contribution in [3.05, 3.63) is 89.5 Å². The van der Waals surface area contributed by atoms with Crippen LogP contribution in [0.3, 0.4) is 0 Å². The monoisotopic (exact) mass is 704 g/mol. The van der Waals surface area contributed by atoms with E-state index in [1.165, 1.54) is 55.0 Å². The summed E-state index contributed by atoms with van der Waals surface area (Å²) >= 11 is 0. The molecule has 0 aliphatic heterocycles. The summed E-state index contributed by atoms with van der Waals surface area (Å²) in [6.45, 7) is 9.30. The maximum atomic E-state index is 4.11. The molecule has 0 saturated carbocycles. The molecule has 0 fully saturated rings. The van der Waals surface area contributed by atoms with Crippen molar-refractivity contribution in [3.8, 4) is 0 Å². The maximum Gasteiger partial charge on any atom is 4.00 e. The fourth-order valence-electron chi connectivity index (χ4n) is 6.30. The topological polar surface area (TPSA) is 13.0 Å². The summed E-state index contributed by atoms with van der Waals surface area (Å²) in [5.74, 6) is 0. The van der Waals surface area contributed by atoms with Crippen molar-refractivity contribution in [1.29, 1.82) is 0 Å². The molecule has 1 aliphatic rings. The van der Waals surface area contributed by atoms with Crippen molar-refractivity contribution >= 4 is 46.4 Å². The second kappa shape index (κ2) is 16.1. The summed E-state index contributed by atoms with van der Waals surface area (Å²) in [6, 6.07) is 25.7. The molecule has 0 spiro atoms. The molecule has 0 heterocycles. The second-order valence-corrected chi connectivity index (χ2v) is 16.5. The number of rotatable bonds is 8. The smallest absolute Gasteiger partial charge is 1.00 e. The zero-order chi connectivity index (χ0) is 29.6. The summed E-state index contributed by atoms with van der Waals surface area (Å²) in [6.07, 6.45) is 4.11. The van der Waals surface area contributed by atoms with Gasteiger partial charge in [0.05, 0.1) is 0 Å². The summed E-state index contributed by atoms with van der Waals surface area (Å²) in [5, 5.41) is 3.89. The van der Waals surface area contributed by atoms with Crippen LogP contribution < -0.4 is 72.4 Å². The number of benzene rings is 3. The van der Waals surface area contributed by atoms with Gasteiger partial charge in [0.25, 0.3) is 0 Å². The van der Waals surface area contributed by atoms with E-state index in [0.717, 1.165) is 0 Å². The normalized spacial score (nSPS) is 15.6. The van der Waals surface area contributed by atoms with Gasteiger partial charge < -0.3 is 56.8 Å². The quantitative estimate of drug-likeness (QED) is 0.136. The van der Waals surface area contributed by atoms with Crippen LogP contribution in [0.4, 0.5) is 22.7 Å². The summed E-state index contributed by atoms with van der Waals surface area (Å²) in [5.41, 5.74) is 8.91. The third kappa shape index (κ3) is 7.24. The average molecular weight is 706 g/mol. The van der Waals surface area contributed by atoms with E-state index in [1.54, 1.807) is 0 Å².